The molecule has 0 saturated heterocycles. The summed E-state index contributed by atoms with van der Waals surface area (Å²) in [6.45, 7) is 0.754. The number of nitrogens with two attached hydrogens (primary N) is 1. The summed E-state index contributed by atoms with van der Waals surface area (Å²) in [6.07, 6.45) is 0.210. The molecule has 6 nitrogen and oxygen atoms in total. The van der Waals surface area contributed by atoms with Crippen LogP contribution in [0.5, 0.6) is 0 Å². The Kier molecular flexibility index (Phi) is 6.52. The summed E-state index contributed by atoms with van der Waals surface area (Å²) in [5.41, 5.74) is 5.18. The van der Waals surface area contributed by atoms with E-state index in [0.29, 0.717) is 13.1 Å². The van der Waals surface area contributed by atoms with Crippen LogP contribution in [0.25, 0.3) is 0 Å². The number of hydrogen-bond acceptors (Lipinski definition) is 5. The van der Waals surface area contributed by atoms with Gasteiger partial charge in [0, 0.05) is 13.1 Å². The summed E-state index contributed by atoms with van der Waals surface area (Å²) in [7, 11) is -1.46. The summed E-state index contributed by atoms with van der Waals surface area (Å²) >= 11 is 0. The molecule has 1 atom stereocenters. The van der Waals surface area contributed by atoms with Gasteiger partial charge in [0.05, 0.1) is 0 Å². The summed E-state index contributed by atoms with van der Waals surface area (Å²) in [6, 6.07) is -0.759. The van der Waals surface area contributed by atoms with Crippen LogP contribution in [0.4, 0.5) is 0 Å². The molecule has 0 aliphatic rings. The van der Waals surface area contributed by atoms with E-state index in [-0.39, 0.29) is 12.7 Å². The zero-order valence-corrected chi connectivity index (χ0v) is 7.31. The highest BCUT2D eigenvalue weighted by atomic mass is 16.4. The topological polar surface area (TPSA) is 116 Å². The molecule has 0 unspecified atom stereocenters. The van der Waals surface area contributed by atoms with Crippen molar-refractivity contribution in [1.29, 1.82) is 0 Å². The Bertz CT molecular complexity index is 156. The van der Waals surface area contributed by atoms with Crippen LogP contribution in [-0.2, 0) is 4.79 Å². The second kappa shape index (κ2) is 6.84. The van der Waals surface area contributed by atoms with Gasteiger partial charge < -0.3 is 26.2 Å². The van der Waals surface area contributed by atoms with E-state index in [1.165, 1.54) is 0 Å². The lowest BCUT2D eigenvalue weighted by Gasteiger charge is -2.12. The molecule has 0 radical (unpaired) electrons. The maximum atomic E-state index is 10.6. The predicted molar refractivity (Wildman–Crippen MR) is 48.1 cm³/mol. The van der Waals surface area contributed by atoms with Gasteiger partial charge in [0.15, 0.2) is 0 Å². The van der Waals surface area contributed by atoms with Gasteiger partial charge in [-0.05, 0) is 12.7 Å². The highest BCUT2D eigenvalue weighted by Crippen LogP contribution is 1.99. The molecule has 6 N–H and O–H groups in total. The van der Waals surface area contributed by atoms with Gasteiger partial charge in [-0.3, -0.25) is 4.79 Å². The molecular formula is C6H15BN2O4. The zero-order valence-electron chi connectivity index (χ0n) is 7.31. The molecule has 0 heterocycles. The molecule has 0 rings (SSSR count). The molecular weight excluding hydrogens is 175 g/mol. The van der Waals surface area contributed by atoms with E-state index in [4.69, 9.17) is 20.9 Å². The van der Waals surface area contributed by atoms with Crippen molar-refractivity contribution in [1.82, 2.24) is 5.32 Å². The van der Waals surface area contributed by atoms with Crippen molar-refractivity contribution in [2.75, 3.05) is 13.1 Å². The van der Waals surface area contributed by atoms with Crippen molar-refractivity contribution in [3.8, 4) is 0 Å². The SMILES string of the molecule is NCCN[C@H](CCB(O)O)C(=O)O. The van der Waals surface area contributed by atoms with E-state index in [0.717, 1.165) is 0 Å². The average Bonchev–Trinajstić information content (AvgIpc) is 2.03. The first kappa shape index (κ1) is 12.4. The monoisotopic (exact) mass is 190 g/mol. The summed E-state index contributed by atoms with van der Waals surface area (Å²) in [5, 5.41) is 28.4. The molecule has 13 heavy (non-hydrogen) atoms. The molecule has 0 aromatic rings. The van der Waals surface area contributed by atoms with Crippen LogP contribution in [0.1, 0.15) is 6.42 Å². The largest absolute Gasteiger partial charge is 0.480 e. The third-order valence-corrected chi connectivity index (χ3v) is 1.55. The van der Waals surface area contributed by atoms with Gasteiger partial charge in [0.2, 0.25) is 0 Å². The van der Waals surface area contributed by atoms with Crippen molar-refractivity contribution in [3.63, 3.8) is 0 Å². The summed E-state index contributed by atoms with van der Waals surface area (Å²) in [5.74, 6) is -1.01. The minimum Gasteiger partial charge on any atom is -0.480 e. The maximum Gasteiger partial charge on any atom is 0.451 e. The number of carbonyl (C=O) groups is 1. The zero-order chi connectivity index (χ0) is 10.3. The van der Waals surface area contributed by atoms with E-state index in [2.05, 4.69) is 5.32 Å². The molecule has 0 saturated carbocycles. The van der Waals surface area contributed by atoms with Crippen molar-refractivity contribution in [2.45, 2.75) is 18.8 Å². The van der Waals surface area contributed by atoms with Gasteiger partial charge in [-0.1, -0.05) is 0 Å². The second-order valence-electron chi connectivity index (χ2n) is 2.69. The minimum atomic E-state index is -1.46. The van der Waals surface area contributed by atoms with Crippen LogP contribution in [0.15, 0.2) is 0 Å². The Morgan fingerprint density at radius 1 is 1.54 bits per heavy atom. The highest BCUT2D eigenvalue weighted by molar-refractivity contribution is 6.40. The van der Waals surface area contributed by atoms with Gasteiger partial charge in [-0.2, -0.15) is 0 Å². The van der Waals surface area contributed by atoms with Gasteiger partial charge >= 0.3 is 13.1 Å². The molecule has 0 bridgehead atoms. The highest BCUT2D eigenvalue weighted by Gasteiger charge is 2.18. The third kappa shape index (κ3) is 6.53. The predicted octanol–water partition coefficient (Wildman–Crippen LogP) is -2.15. The van der Waals surface area contributed by atoms with E-state index < -0.39 is 19.1 Å². The number of rotatable bonds is 7. The quantitative estimate of drug-likeness (QED) is 0.292. The van der Waals surface area contributed by atoms with Gasteiger partial charge in [-0.15, -0.1) is 0 Å². The Morgan fingerprint density at radius 3 is 2.54 bits per heavy atom. The standard InChI is InChI=1S/C6H15BN2O4/c8-3-4-9-5(6(10)11)1-2-7(12)13/h5,9,12-13H,1-4,8H2,(H,10,11)/t5-/m1/s1. The number of nitrogens with one attached hydrogen (secondary N) is 1. The van der Waals surface area contributed by atoms with Crippen LogP contribution < -0.4 is 11.1 Å². The molecule has 76 valence electrons. The molecule has 0 aromatic heterocycles. The maximum absolute atomic E-state index is 10.6. The smallest absolute Gasteiger partial charge is 0.451 e. The lowest BCUT2D eigenvalue weighted by Crippen LogP contribution is -2.40. The number of aliphatic carboxylic acids is 1. The molecule has 0 aliphatic carbocycles. The summed E-state index contributed by atoms with van der Waals surface area (Å²) < 4.78 is 0. The van der Waals surface area contributed by atoms with Crippen LogP contribution in [0.2, 0.25) is 6.32 Å². The Balaban J connectivity index is 3.74. The normalized spacial score (nSPS) is 12.5. The third-order valence-electron chi connectivity index (χ3n) is 1.55. The molecule has 7 heteroatoms. The molecule has 0 aromatic carbocycles. The van der Waals surface area contributed by atoms with E-state index >= 15 is 0 Å². The minimum absolute atomic E-state index is 0.0362. The van der Waals surface area contributed by atoms with Crippen molar-refractivity contribution in [2.24, 2.45) is 5.73 Å². The fourth-order valence-electron chi connectivity index (χ4n) is 0.886. The number of carboxylic acids is 1. The van der Waals surface area contributed by atoms with Gasteiger partial charge in [0.1, 0.15) is 6.04 Å². The van der Waals surface area contributed by atoms with Crippen molar-refractivity contribution >= 4 is 13.1 Å². The lowest BCUT2D eigenvalue weighted by atomic mass is 9.82. The van der Waals surface area contributed by atoms with E-state index in [1.807, 2.05) is 0 Å². The van der Waals surface area contributed by atoms with E-state index in [1.54, 1.807) is 0 Å². The molecule has 0 fully saturated rings. The summed E-state index contributed by atoms with van der Waals surface area (Å²) in [4.78, 5) is 10.6. The molecule has 0 aliphatic heterocycles. The Labute approximate surface area is 76.9 Å². The second-order valence-corrected chi connectivity index (χ2v) is 2.69. The van der Waals surface area contributed by atoms with E-state index in [9.17, 15) is 4.79 Å². The first-order valence-electron chi connectivity index (χ1n) is 4.10. The first-order chi connectivity index (χ1) is 6.07. The Hall–Kier alpha value is -0.625. The fourth-order valence-corrected chi connectivity index (χ4v) is 0.886. The van der Waals surface area contributed by atoms with Crippen LogP contribution in [0.3, 0.4) is 0 Å². The van der Waals surface area contributed by atoms with Crippen LogP contribution in [-0.4, -0.2) is 47.4 Å². The van der Waals surface area contributed by atoms with Crippen molar-refractivity contribution in [3.05, 3.63) is 0 Å². The van der Waals surface area contributed by atoms with Gasteiger partial charge in [-0.25, -0.2) is 0 Å². The van der Waals surface area contributed by atoms with Gasteiger partial charge in [0.25, 0.3) is 0 Å². The molecule has 0 amide bonds. The number of hydrogen-bond donors (Lipinski definition) is 5. The Morgan fingerprint density at radius 2 is 2.15 bits per heavy atom. The number of carboxylic acid groups (broad SMARTS) is 1. The first-order valence-corrected chi connectivity index (χ1v) is 4.10. The molecule has 0 spiro atoms. The fraction of sp³-hybridized carbons (Fsp3) is 0.833. The average molecular weight is 190 g/mol. The lowest BCUT2D eigenvalue weighted by molar-refractivity contribution is -0.139. The van der Waals surface area contributed by atoms with Crippen LogP contribution >= 0.6 is 0 Å². The van der Waals surface area contributed by atoms with Crippen LogP contribution in [0, 0.1) is 0 Å². The van der Waals surface area contributed by atoms with Crippen molar-refractivity contribution < 1.29 is 19.9 Å².